The molecule has 6 heteroatoms. The third kappa shape index (κ3) is 4.83. The summed E-state index contributed by atoms with van der Waals surface area (Å²) in [5, 5.41) is 12.7. The van der Waals surface area contributed by atoms with Crippen molar-refractivity contribution >= 4 is 34.3 Å². The molecule has 1 amide bonds. The van der Waals surface area contributed by atoms with Crippen molar-refractivity contribution in [2.75, 3.05) is 11.9 Å². The van der Waals surface area contributed by atoms with Crippen molar-refractivity contribution in [3.8, 4) is 6.07 Å². The van der Waals surface area contributed by atoms with Gasteiger partial charge in [-0.2, -0.15) is 5.26 Å². The second-order valence-corrected chi connectivity index (χ2v) is 7.67. The number of hydrogen-bond acceptors (Lipinski definition) is 5. The lowest BCUT2D eigenvalue weighted by molar-refractivity contribution is -0.142. The normalized spacial score (nSPS) is 15.8. The fourth-order valence-electron chi connectivity index (χ4n) is 3.03. The Kier molecular flexibility index (Phi) is 6.05. The highest BCUT2D eigenvalue weighted by molar-refractivity contribution is 7.16. The first kappa shape index (κ1) is 18.9. The number of nitrogens with zero attached hydrogens (tertiary/aromatic N) is 1. The Bertz CT molecular complexity index is 909. The van der Waals surface area contributed by atoms with Gasteiger partial charge in [-0.3, -0.25) is 4.79 Å². The topological polar surface area (TPSA) is 79.2 Å². The van der Waals surface area contributed by atoms with E-state index in [0.717, 1.165) is 30.4 Å². The van der Waals surface area contributed by atoms with Crippen LogP contribution in [0.4, 0.5) is 5.00 Å². The van der Waals surface area contributed by atoms with Crippen LogP contribution in [0.3, 0.4) is 0 Å². The molecule has 1 N–H and O–H groups in total. The lowest BCUT2D eigenvalue weighted by atomic mass is 9.89. The standard InChI is InChI=1S/C21H20N2O3S/c1-14-7-9-16-17(12-22)21(27-18(16)11-14)23-19(24)13-26-20(25)10-8-15-5-3-2-4-6-15/h2-6,8,10,14H,7,9,11,13H2,1H3,(H,23,24)/b10-8+/t14-/m1/s1. The van der Waals surface area contributed by atoms with Crippen molar-refractivity contribution in [1.29, 1.82) is 5.26 Å². The number of fused-ring (bicyclic) bond motifs is 1. The number of hydrogen-bond donors (Lipinski definition) is 1. The van der Waals surface area contributed by atoms with Crippen molar-refractivity contribution < 1.29 is 14.3 Å². The first-order chi connectivity index (χ1) is 13.1. The molecule has 1 aliphatic rings. The van der Waals surface area contributed by atoms with Gasteiger partial charge in [0.05, 0.1) is 5.56 Å². The van der Waals surface area contributed by atoms with E-state index in [4.69, 9.17) is 4.74 Å². The molecule has 1 aromatic heterocycles. The zero-order chi connectivity index (χ0) is 19.2. The molecule has 0 spiro atoms. The molecule has 0 saturated carbocycles. The number of benzene rings is 1. The minimum absolute atomic E-state index is 0.387. The number of esters is 1. The third-order valence-corrected chi connectivity index (χ3v) is 5.60. The van der Waals surface area contributed by atoms with Crippen LogP contribution in [0.1, 0.15) is 34.9 Å². The average molecular weight is 380 g/mol. The zero-order valence-electron chi connectivity index (χ0n) is 15.0. The summed E-state index contributed by atoms with van der Waals surface area (Å²) < 4.78 is 4.97. The molecule has 0 bridgehead atoms. The van der Waals surface area contributed by atoms with Crippen molar-refractivity contribution in [3.05, 3.63) is 58.0 Å². The van der Waals surface area contributed by atoms with E-state index in [0.29, 0.717) is 16.5 Å². The van der Waals surface area contributed by atoms with Gasteiger partial charge in [0.25, 0.3) is 5.91 Å². The summed E-state index contributed by atoms with van der Waals surface area (Å²) in [6.45, 7) is 1.80. The Morgan fingerprint density at radius 1 is 1.37 bits per heavy atom. The molecule has 5 nitrogen and oxygen atoms in total. The number of nitrogens with one attached hydrogen (secondary N) is 1. The number of carbonyl (C=O) groups excluding carboxylic acids is 2. The van der Waals surface area contributed by atoms with E-state index in [-0.39, 0.29) is 6.61 Å². The minimum Gasteiger partial charge on any atom is -0.452 e. The predicted molar refractivity (Wildman–Crippen MR) is 105 cm³/mol. The van der Waals surface area contributed by atoms with Crippen LogP contribution in [0.15, 0.2) is 36.4 Å². The Labute approximate surface area is 162 Å². The number of amides is 1. The van der Waals surface area contributed by atoms with Gasteiger partial charge in [-0.1, -0.05) is 37.3 Å². The van der Waals surface area contributed by atoms with Crippen LogP contribution in [0.5, 0.6) is 0 Å². The Morgan fingerprint density at radius 3 is 2.89 bits per heavy atom. The SMILES string of the molecule is C[C@@H]1CCc2c(sc(NC(=O)COC(=O)/C=C/c3ccccc3)c2C#N)C1. The summed E-state index contributed by atoms with van der Waals surface area (Å²) in [6.07, 6.45) is 5.77. The summed E-state index contributed by atoms with van der Waals surface area (Å²) in [6, 6.07) is 11.5. The van der Waals surface area contributed by atoms with Crippen LogP contribution in [-0.4, -0.2) is 18.5 Å². The molecule has 0 saturated heterocycles. The van der Waals surface area contributed by atoms with Crippen molar-refractivity contribution in [1.82, 2.24) is 0 Å². The van der Waals surface area contributed by atoms with Crippen LogP contribution in [0.25, 0.3) is 6.08 Å². The molecular weight excluding hydrogens is 360 g/mol. The van der Waals surface area contributed by atoms with Crippen LogP contribution < -0.4 is 5.32 Å². The van der Waals surface area contributed by atoms with Gasteiger partial charge in [0.1, 0.15) is 11.1 Å². The van der Waals surface area contributed by atoms with Gasteiger partial charge in [0.15, 0.2) is 6.61 Å². The monoisotopic (exact) mass is 380 g/mol. The van der Waals surface area contributed by atoms with Gasteiger partial charge < -0.3 is 10.1 Å². The maximum absolute atomic E-state index is 12.1. The number of ether oxygens (including phenoxy) is 1. The largest absolute Gasteiger partial charge is 0.452 e. The molecule has 0 aliphatic heterocycles. The summed E-state index contributed by atoms with van der Waals surface area (Å²) in [5.41, 5.74) is 2.47. The average Bonchev–Trinajstić information content (AvgIpc) is 3.01. The quantitative estimate of drug-likeness (QED) is 0.629. The minimum atomic E-state index is -0.589. The van der Waals surface area contributed by atoms with E-state index in [2.05, 4.69) is 18.3 Å². The Morgan fingerprint density at radius 2 is 2.15 bits per heavy atom. The highest BCUT2D eigenvalue weighted by Crippen LogP contribution is 2.39. The van der Waals surface area contributed by atoms with Gasteiger partial charge in [-0.15, -0.1) is 11.3 Å². The van der Waals surface area contributed by atoms with E-state index < -0.39 is 11.9 Å². The molecule has 1 aliphatic carbocycles. The second kappa shape index (κ2) is 8.65. The van der Waals surface area contributed by atoms with Crippen molar-refractivity contribution in [2.24, 2.45) is 5.92 Å². The molecule has 27 heavy (non-hydrogen) atoms. The Balaban J connectivity index is 1.56. The van der Waals surface area contributed by atoms with Crippen LogP contribution >= 0.6 is 11.3 Å². The van der Waals surface area contributed by atoms with Crippen LogP contribution in [0.2, 0.25) is 0 Å². The number of rotatable bonds is 5. The van der Waals surface area contributed by atoms with Crippen LogP contribution in [-0.2, 0) is 27.2 Å². The molecule has 0 radical (unpaired) electrons. The van der Waals surface area contributed by atoms with E-state index >= 15 is 0 Å². The van der Waals surface area contributed by atoms with E-state index in [1.807, 2.05) is 30.3 Å². The molecule has 1 aromatic carbocycles. The van der Waals surface area contributed by atoms with Gasteiger partial charge >= 0.3 is 5.97 Å². The summed E-state index contributed by atoms with van der Waals surface area (Å²) >= 11 is 1.45. The van der Waals surface area contributed by atoms with Gasteiger partial charge in [-0.05, 0) is 42.4 Å². The number of anilines is 1. The molecule has 3 rings (SSSR count). The first-order valence-corrected chi connectivity index (χ1v) is 9.63. The van der Waals surface area contributed by atoms with Gasteiger partial charge in [0.2, 0.25) is 0 Å². The maximum atomic E-state index is 12.1. The smallest absolute Gasteiger partial charge is 0.331 e. The van der Waals surface area contributed by atoms with E-state index in [1.54, 1.807) is 6.08 Å². The number of thiophene rings is 1. The fourth-order valence-corrected chi connectivity index (χ4v) is 4.41. The van der Waals surface area contributed by atoms with Gasteiger partial charge in [-0.25, -0.2) is 4.79 Å². The molecule has 1 atom stereocenters. The van der Waals surface area contributed by atoms with Crippen molar-refractivity contribution in [3.63, 3.8) is 0 Å². The molecular formula is C21H20N2O3S. The van der Waals surface area contributed by atoms with E-state index in [9.17, 15) is 14.9 Å². The lowest BCUT2D eigenvalue weighted by Crippen LogP contribution is -2.20. The molecule has 138 valence electrons. The lowest BCUT2D eigenvalue weighted by Gasteiger charge is -2.17. The Hall–Kier alpha value is -2.91. The summed E-state index contributed by atoms with van der Waals surface area (Å²) in [4.78, 5) is 25.0. The zero-order valence-corrected chi connectivity index (χ0v) is 15.8. The maximum Gasteiger partial charge on any atom is 0.331 e. The molecule has 0 fully saturated rings. The number of carbonyl (C=O) groups is 2. The van der Waals surface area contributed by atoms with E-state index in [1.165, 1.54) is 22.3 Å². The van der Waals surface area contributed by atoms with Crippen molar-refractivity contribution in [2.45, 2.75) is 26.2 Å². The third-order valence-electron chi connectivity index (χ3n) is 4.43. The first-order valence-electron chi connectivity index (χ1n) is 8.81. The molecule has 0 unspecified atom stereocenters. The fraction of sp³-hybridized carbons (Fsp3) is 0.286. The summed E-state index contributed by atoms with van der Waals surface area (Å²) in [5.74, 6) is -0.447. The summed E-state index contributed by atoms with van der Waals surface area (Å²) in [7, 11) is 0. The van der Waals surface area contributed by atoms with Gasteiger partial charge in [0, 0.05) is 11.0 Å². The number of nitriles is 1. The highest BCUT2D eigenvalue weighted by Gasteiger charge is 2.24. The predicted octanol–water partition coefficient (Wildman–Crippen LogP) is 3.94. The van der Waals surface area contributed by atoms with Crippen LogP contribution in [0, 0.1) is 17.2 Å². The highest BCUT2D eigenvalue weighted by atomic mass is 32.1. The second-order valence-electron chi connectivity index (χ2n) is 6.57. The molecule has 2 aromatic rings. The molecule has 1 heterocycles.